The van der Waals surface area contributed by atoms with Gasteiger partial charge in [0.1, 0.15) is 6.04 Å². The summed E-state index contributed by atoms with van der Waals surface area (Å²) in [4.78, 5) is 14.0. The number of nitrogens with two attached hydrogens (primary N) is 1. The van der Waals surface area contributed by atoms with E-state index in [2.05, 4.69) is 5.10 Å². The van der Waals surface area contributed by atoms with Gasteiger partial charge in [0.2, 0.25) is 5.91 Å². The van der Waals surface area contributed by atoms with Crippen molar-refractivity contribution in [2.75, 3.05) is 26.2 Å². The molecule has 1 saturated heterocycles. The maximum Gasteiger partial charge on any atom is 0.277 e. The highest BCUT2D eigenvalue weighted by Crippen LogP contribution is 2.13. The molecule has 0 aliphatic carbocycles. The highest BCUT2D eigenvalue weighted by molar-refractivity contribution is 7.86. The van der Waals surface area contributed by atoms with Crippen LogP contribution in [-0.4, -0.2) is 59.5 Å². The van der Waals surface area contributed by atoms with Crippen LogP contribution < -0.4 is 5.14 Å². The highest BCUT2D eigenvalue weighted by atomic mass is 32.2. The Balaban J connectivity index is 1.98. The Labute approximate surface area is 118 Å². The van der Waals surface area contributed by atoms with Gasteiger partial charge < -0.3 is 4.90 Å². The third-order valence-corrected chi connectivity index (χ3v) is 4.48. The van der Waals surface area contributed by atoms with Crippen LogP contribution in [0.2, 0.25) is 0 Å². The van der Waals surface area contributed by atoms with Gasteiger partial charge in [-0.3, -0.25) is 9.48 Å². The number of carbonyl (C=O) groups excluding carboxylic acids is 1. The molecule has 112 valence electrons. The molecule has 1 aromatic rings. The minimum absolute atomic E-state index is 0.0674. The first-order valence-electron chi connectivity index (χ1n) is 6.36. The summed E-state index contributed by atoms with van der Waals surface area (Å²) in [6.07, 6.45) is 3.51. The van der Waals surface area contributed by atoms with Gasteiger partial charge in [-0.2, -0.15) is 17.8 Å². The van der Waals surface area contributed by atoms with Crippen molar-refractivity contribution >= 4 is 16.1 Å². The second-order valence-corrected chi connectivity index (χ2v) is 6.49. The molecule has 1 unspecified atom stereocenters. The van der Waals surface area contributed by atoms with Crippen LogP contribution in [0.3, 0.4) is 0 Å². The van der Waals surface area contributed by atoms with Gasteiger partial charge in [-0.15, -0.1) is 0 Å². The fraction of sp³-hybridized carbons (Fsp3) is 0.636. The summed E-state index contributed by atoms with van der Waals surface area (Å²) in [5, 5.41) is 9.19. The smallest absolute Gasteiger partial charge is 0.277 e. The van der Waals surface area contributed by atoms with E-state index in [0.29, 0.717) is 13.1 Å². The Hall–Kier alpha value is -1.45. The number of aryl methyl sites for hydroxylation is 1. The summed E-state index contributed by atoms with van der Waals surface area (Å²) in [5.74, 6) is -0.0674. The topological polar surface area (TPSA) is 102 Å². The van der Waals surface area contributed by atoms with Crippen molar-refractivity contribution in [3.8, 4) is 0 Å². The zero-order chi connectivity index (χ0) is 14.9. The molecule has 1 fully saturated rings. The third-order valence-electron chi connectivity index (χ3n) is 3.40. The fourth-order valence-electron chi connectivity index (χ4n) is 2.19. The van der Waals surface area contributed by atoms with Crippen LogP contribution >= 0.6 is 0 Å². The van der Waals surface area contributed by atoms with Gasteiger partial charge in [-0.1, -0.05) is 0 Å². The number of aromatic nitrogens is 2. The second kappa shape index (κ2) is 5.51. The first kappa shape index (κ1) is 14.9. The molecule has 0 aromatic carbocycles. The largest absolute Gasteiger partial charge is 0.338 e. The number of rotatable bonds is 3. The number of hydrogen-bond acceptors (Lipinski definition) is 4. The molecule has 20 heavy (non-hydrogen) atoms. The van der Waals surface area contributed by atoms with Crippen LogP contribution in [-0.2, 0) is 15.0 Å². The van der Waals surface area contributed by atoms with Crippen LogP contribution in [0, 0.1) is 6.92 Å². The molecule has 9 heteroatoms. The first-order chi connectivity index (χ1) is 9.29. The van der Waals surface area contributed by atoms with E-state index in [9.17, 15) is 13.2 Å². The van der Waals surface area contributed by atoms with Gasteiger partial charge >= 0.3 is 0 Å². The Morgan fingerprint density at radius 2 is 1.95 bits per heavy atom. The predicted octanol–water partition coefficient (Wildman–Crippen LogP) is -0.900. The van der Waals surface area contributed by atoms with Gasteiger partial charge in [0.25, 0.3) is 10.2 Å². The molecule has 1 atom stereocenters. The lowest BCUT2D eigenvalue weighted by Gasteiger charge is -2.34. The summed E-state index contributed by atoms with van der Waals surface area (Å²) in [7, 11) is -3.67. The van der Waals surface area contributed by atoms with Crippen LogP contribution in [0.4, 0.5) is 0 Å². The molecule has 0 saturated carbocycles. The van der Waals surface area contributed by atoms with Crippen LogP contribution in [0.25, 0.3) is 0 Å². The minimum atomic E-state index is -3.67. The number of hydrogen-bond donors (Lipinski definition) is 1. The molecule has 2 heterocycles. The minimum Gasteiger partial charge on any atom is -0.338 e. The SMILES string of the molecule is Cc1cnn(C(C)C(=O)N2CCN(S(N)(=O)=O)CC2)c1. The Morgan fingerprint density at radius 3 is 2.40 bits per heavy atom. The van der Waals surface area contributed by atoms with E-state index < -0.39 is 16.3 Å². The summed E-state index contributed by atoms with van der Waals surface area (Å²) in [5.41, 5.74) is 0.990. The number of amides is 1. The first-order valence-corrected chi connectivity index (χ1v) is 7.87. The Bertz CT molecular complexity index is 589. The van der Waals surface area contributed by atoms with Crippen LogP contribution in [0.5, 0.6) is 0 Å². The van der Waals surface area contributed by atoms with Crippen molar-refractivity contribution in [3.05, 3.63) is 18.0 Å². The number of carbonyl (C=O) groups is 1. The lowest BCUT2D eigenvalue weighted by Crippen LogP contribution is -2.53. The van der Waals surface area contributed by atoms with E-state index >= 15 is 0 Å². The lowest BCUT2D eigenvalue weighted by molar-refractivity contribution is -0.135. The zero-order valence-electron chi connectivity index (χ0n) is 11.6. The lowest BCUT2D eigenvalue weighted by atomic mass is 10.2. The number of piperazine rings is 1. The van der Waals surface area contributed by atoms with Gasteiger partial charge in [-0.05, 0) is 19.4 Å². The quantitative estimate of drug-likeness (QED) is 0.781. The second-order valence-electron chi connectivity index (χ2n) is 4.94. The molecule has 1 amide bonds. The monoisotopic (exact) mass is 301 g/mol. The van der Waals surface area contributed by atoms with Crippen molar-refractivity contribution in [2.24, 2.45) is 5.14 Å². The molecular formula is C11H19N5O3S. The van der Waals surface area contributed by atoms with Gasteiger partial charge in [0.15, 0.2) is 0 Å². The van der Waals surface area contributed by atoms with E-state index in [1.807, 2.05) is 13.1 Å². The molecule has 1 aliphatic heterocycles. The van der Waals surface area contributed by atoms with E-state index in [1.54, 1.807) is 22.7 Å². The van der Waals surface area contributed by atoms with E-state index in [-0.39, 0.29) is 19.0 Å². The molecule has 0 bridgehead atoms. The maximum absolute atomic E-state index is 12.3. The Kier molecular flexibility index (Phi) is 4.11. The molecular weight excluding hydrogens is 282 g/mol. The number of nitrogens with zero attached hydrogens (tertiary/aromatic N) is 4. The van der Waals surface area contributed by atoms with Gasteiger partial charge in [0, 0.05) is 32.4 Å². The van der Waals surface area contributed by atoms with E-state index in [4.69, 9.17) is 5.14 Å². The van der Waals surface area contributed by atoms with Crippen molar-refractivity contribution in [1.29, 1.82) is 0 Å². The summed E-state index contributed by atoms with van der Waals surface area (Å²) in [6.45, 7) is 4.84. The average Bonchev–Trinajstić information content (AvgIpc) is 2.83. The standard InChI is InChI=1S/C11H19N5O3S/c1-9-7-13-16(8-9)10(2)11(17)14-3-5-15(6-4-14)20(12,18)19/h7-8,10H,3-6H2,1-2H3,(H2,12,18,19). The molecule has 2 rings (SSSR count). The van der Waals surface area contributed by atoms with Crippen molar-refractivity contribution in [3.63, 3.8) is 0 Å². The molecule has 0 radical (unpaired) electrons. The van der Waals surface area contributed by atoms with Gasteiger partial charge in [0.05, 0.1) is 6.20 Å². The highest BCUT2D eigenvalue weighted by Gasteiger charge is 2.29. The zero-order valence-corrected chi connectivity index (χ0v) is 12.4. The predicted molar refractivity (Wildman–Crippen MR) is 72.9 cm³/mol. The van der Waals surface area contributed by atoms with Crippen LogP contribution in [0.1, 0.15) is 18.5 Å². The summed E-state index contributed by atoms with van der Waals surface area (Å²) in [6, 6.07) is -0.398. The van der Waals surface area contributed by atoms with Crippen molar-refractivity contribution < 1.29 is 13.2 Å². The van der Waals surface area contributed by atoms with Crippen LogP contribution in [0.15, 0.2) is 12.4 Å². The average molecular weight is 301 g/mol. The third kappa shape index (κ3) is 3.17. The molecule has 8 nitrogen and oxygen atoms in total. The normalized spacial score (nSPS) is 19.1. The molecule has 2 N–H and O–H groups in total. The molecule has 0 spiro atoms. The molecule has 1 aliphatic rings. The van der Waals surface area contributed by atoms with Crippen molar-refractivity contribution in [1.82, 2.24) is 19.0 Å². The summed E-state index contributed by atoms with van der Waals surface area (Å²) < 4.78 is 25.2. The van der Waals surface area contributed by atoms with Gasteiger partial charge in [-0.25, -0.2) is 5.14 Å². The maximum atomic E-state index is 12.3. The molecule has 1 aromatic heterocycles. The van der Waals surface area contributed by atoms with E-state index in [1.165, 1.54) is 4.31 Å². The Morgan fingerprint density at radius 1 is 1.35 bits per heavy atom. The fourth-order valence-corrected chi connectivity index (χ4v) is 2.86. The summed E-state index contributed by atoms with van der Waals surface area (Å²) >= 11 is 0. The van der Waals surface area contributed by atoms with E-state index in [0.717, 1.165) is 5.56 Å². The van der Waals surface area contributed by atoms with Crippen molar-refractivity contribution in [2.45, 2.75) is 19.9 Å².